The molecule has 1 heterocycles. The van der Waals surface area contributed by atoms with Crippen molar-refractivity contribution in [2.24, 2.45) is 11.8 Å². The van der Waals surface area contributed by atoms with Crippen LogP contribution in [-0.2, 0) is 0 Å². The molecule has 1 aromatic carbocycles. The Bertz CT molecular complexity index is 412. The molecule has 2 atom stereocenters. The van der Waals surface area contributed by atoms with Crippen LogP contribution in [0, 0.1) is 18.8 Å². The van der Waals surface area contributed by atoms with Gasteiger partial charge in [-0.05, 0) is 42.9 Å². The molecule has 0 radical (unpaired) electrons. The van der Waals surface area contributed by atoms with Gasteiger partial charge in [0.05, 0.1) is 11.7 Å². The molecule has 2 nitrogen and oxygen atoms in total. The molecule has 2 unspecified atom stereocenters. The average Bonchev–Trinajstić information content (AvgIpc) is 2.27. The SMILES string of the molecule is Cc1ccc2c(c1)NC(C(C)C)C(CC(C)C)O2. The summed E-state index contributed by atoms with van der Waals surface area (Å²) in [6, 6.07) is 6.78. The Morgan fingerprint density at radius 3 is 2.56 bits per heavy atom. The maximum absolute atomic E-state index is 6.21. The summed E-state index contributed by atoms with van der Waals surface area (Å²) in [5.74, 6) is 2.23. The molecule has 0 saturated carbocycles. The Hall–Kier alpha value is -1.18. The molecule has 100 valence electrons. The number of ether oxygens (including phenoxy) is 1. The van der Waals surface area contributed by atoms with Gasteiger partial charge in [-0.15, -0.1) is 0 Å². The fraction of sp³-hybridized carbons (Fsp3) is 0.625. The molecule has 0 saturated heterocycles. The summed E-state index contributed by atoms with van der Waals surface area (Å²) in [5.41, 5.74) is 2.42. The van der Waals surface area contributed by atoms with Crippen molar-refractivity contribution >= 4 is 5.69 Å². The predicted octanol–water partition coefficient (Wildman–Crippen LogP) is 4.24. The largest absolute Gasteiger partial charge is 0.486 e. The van der Waals surface area contributed by atoms with Gasteiger partial charge < -0.3 is 10.1 Å². The number of anilines is 1. The summed E-state index contributed by atoms with van der Waals surface area (Å²) in [6.07, 6.45) is 1.38. The van der Waals surface area contributed by atoms with Gasteiger partial charge in [-0.1, -0.05) is 33.8 Å². The van der Waals surface area contributed by atoms with E-state index in [1.165, 1.54) is 5.56 Å². The van der Waals surface area contributed by atoms with E-state index in [1.807, 2.05) is 0 Å². The topological polar surface area (TPSA) is 21.3 Å². The summed E-state index contributed by atoms with van der Waals surface area (Å²) in [5, 5.41) is 3.67. The van der Waals surface area contributed by atoms with E-state index in [1.54, 1.807) is 0 Å². The maximum atomic E-state index is 6.21. The number of aryl methyl sites for hydroxylation is 1. The van der Waals surface area contributed by atoms with Crippen molar-refractivity contribution < 1.29 is 4.74 Å². The van der Waals surface area contributed by atoms with Gasteiger partial charge in [0.15, 0.2) is 0 Å². The Labute approximate surface area is 111 Å². The van der Waals surface area contributed by atoms with Gasteiger partial charge in [-0.2, -0.15) is 0 Å². The molecule has 18 heavy (non-hydrogen) atoms. The smallest absolute Gasteiger partial charge is 0.142 e. The van der Waals surface area contributed by atoms with Crippen LogP contribution in [0.1, 0.15) is 39.7 Å². The van der Waals surface area contributed by atoms with Gasteiger partial charge in [0.2, 0.25) is 0 Å². The van der Waals surface area contributed by atoms with Crippen LogP contribution in [0.2, 0.25) is 0 Å². The van der Waals surface area contributed by atoms with E-state index in [-0.39, 0.29) is 6.10 Å². The lowest BCUT2D eigenvalue weighted by Gasteiger charge is -2.38. The van der Waals surface area contributed by atoms with Crippen LogP contribution in [0.3, 0.4) is 0 Å². The minimum atomic E-state index is 0.278. The highest BCUT2D eigenvalue weighted by atomic mass is 16.5. The van der Waals surface area contributed by atoms with E-state index in [2.05, 4.69) is 58.1 Å². The predicted molar refractivity (Wildman–Crippen MR) is 77.3 cm³/mol. The fourth-order valence-electron chi connectivity index (χ4n) is 2.62. The quantitative estimate of drug-likeness (QED) is 0.862. The second kappa shape index (κ2) is 5.21. The van der Waals surface area contributed by atoms with E-state index < -0.39 is 0 Å². The summed E-state index contributed by atoms with van der Waals surface area (Å²) in [7, 11) is 0. The lowest BCUT2D eigenvalue weighted by molar-refractivity contribution is 0.125. The number of rotatable bonds is 3. The minimum absolute atomic E-state index is 0.278. The molecular formula is C16H25NO. The molecule has 0 bridgehead atoms. The third-order valence-corrected chi connectivity index (χ3v) is 3.56. The molecule has 1 aromatic rings. The molecule has 0 fully saturated rings. The van der Waals surface area contributed by atoms with Crippen molar-refractivity contribution in [2.75, 3.05) is 5.32 Å². The first-order valence-electron chi connectivity index (χ1n) is 7.01. The lowest BCUT2D eigenvalue weighted by Crippen LogP contribution is -2.45. The molecule has 1 N–H and O–H groups in total. The zero-order valence-electron chi connectivity index (χ0n) is 12.2. The van der Waals surface area contributed by atoms with E-state index in [9.17, 15) is 0 Å². The maximum Gasteiger partial charge on any atom is 0.142 e. The fourth-order valence-corrected chi connectivity index (χ4v) is 2.62. The van der Waals surface area contributed by atoms with Gasteiger partial charge in [-0.3, -0.25) is 0 Å². The summed E-state index contributed by atoms with van der Waals surface area (Å²) >= 11 is 0. The highest BCUT2D eigenvalue weighted by molar-refractivity contribution is 5.60. The normalized spacial score (nSPS) is 22.6. The molecule has 1 aliphatic heterocycles. The van der Waals surface area contributed by atoms with Crippen molar-refractivity contribution in [3.63, 3.8) is 0 Å². The number of hydrogen-bond acceptors (Lipinski definition) is 2. The summed E-state index contributed by atoms with van der Waals surface area (Å²) in [4.78, 5) is 0. The van der Waals surface area contributed by atoms with Crippen LogP contribution < -0.4 is 10.1 Å². The van der Waals surface area contributed by atoms with Crippen molar-refractivity contribution in [1.82, 2.24) is 0 Å². The van der Waals surface area contributed by atoms with E-state index in [4.69, 9.17) is 4.74 Å². The summed E-state index contributed by atoms with van der Waals surface area (Å²) in [6.45, 7) is 11.1. The van der Waals surface area contributed by atoms with Crippen LogP contribution in [-0.4, -0.2) is 12.1 Å². The van der Waals surface area contributed by atoms with Gasteiger partial charge in [-0.25, -0.2) is 0 Å². The van der Waals surface area contributed by atoms with Gasteiger partial charge in [0.25, 0.3) is 0 Å². The third-order valence-electron chi connectivity index (χ3n) is 3.56. The Morgan fingerprint density at radius 1 is 1.22 bits per heavy atom. The van der Waals surface area contributed by atoms with Crippen LogP contribution in [0.15, 0.2) is 18.2 Å². The number of nitrogens with one attached hydrogen (secondary N) is 1. The number of hydrogen-bond donors (Lipinski definition) is 1. The van der Waals surface area contributed by atoms with Crippen LogP contribution in [0.4, 0.5) is 5.69 Å². The standard InChI is InChI=1S/C16H25NO/c1-10(2)8-15-16(11(3)4)17-13-9-12(5)6-7-14(13)18-15/h6-7,9-11,15-17H,8H2,1-5H3. The zero-order valence-corrected chi connectivity index (χ0v) is 12.2. The van der Waals surface area contributed by atoms with Gasteiger partial charge in [0, 0.05) is 0 Å². The minimum Gasteiger partial charge on any atom is -0.486 e. The van der Waals surface area contributed by atoms with Crippen LogP contribution in [0.5, 0.6) is 5.75 Å². The molecule has 0 aliphatic carbocycles. The molecule has 2 heteroatoms. The summed E-state index contributed by atoms with van der Waals surface area (Å²) < 4.78 is 6.21. The highest BCUT2D eigenvalue weighted by Crippen LogP contribution is 2.35. The van der Waals surface area contributed by atoms with E-state index in [0.717, 1.165) is 17.9 Å². The van der Waals surface area contributed by atoms with Gasteiger partial charge >= 0.3 is 0 Å². The number of fused-ring (bicyclic) bond motifs is 1. The van der Waals surface area contributed by atoms with E-state index in [0.29, 0.717) is 17.9 Å². The Balaban J connectivity index is 2.25. The highest BCUT2D eigenvalue weighted by Gasteiger charge is 2.31. The van der Waals surface area contributed by atoms with Crippen molar-refractivity contribution in [1.29, 1.82) is 0 Å². The Morgan fingerprint density at radius 2 is 1.94 bits per heavy atom. The molecule has 0 aromatic heterocycles. The van der Waals surface area contributed by atoms with Crippen molar-refractivity contribution in [2.45, 2.75) is 53.2 Å². The Kier molecular flexibility index (Phi) is 3.84. The second-order valence-electron chi connectivity index (χ2n) is 6.20. The molecular weight excluding hydrogens is 222 g/mol. The third kappa shape index (κ3) is 2.80. The first-order valence-corrected chi connectivity index (χ1v) is 7.01. The monoisotopic (exact) mass is 247 g/mol. The first kappa shape index (κ1) is 13.3. The van der Waals surface area contributed by atoms with Crippen LogP contribution >= 0.6 is 0 Å². The molecule has 0 spiro atoms. The number of benzene rings is 1. The lowest BCUT2D eigenvalue weighted by atomic mass is 9.90. The molecule has 0 amide bonds. The van der Waals surface area contributed by atoms with Gasteiger partial charge in [0.1, 0.15) is 11.9 Å². The average molecular weight is 247 g/mol. The van der Waals surface area contributed by atoms with Crippen molar-refractivity contribution in [3.8, 4) is 5.75 Å². The second-order valence-corrected chi connectivity index (χ2v) is 6.20. The van der Waals surface area contributed by atoms with E-state index >= 15 is 0 Å². The molecule has 2 rings (SSSR count). The van der Waals surface area contributed by atoms with Crippen molar-refractivity contribution in [3.05, 3.63) is 23.8 Å². The zero-order chi connectivity index (χ0) is 13.3. The molecule has 1 aliphatic rings. The first-order chi connectivity index (χ1) is 8.47. The van der Waals surface area contributed by atoms with Crippen LogP contribution in [0.25, 0.3) is 0 Å².